The highest BCUT2D eigenvalue weighted by atomic mass is 16.1. The number of ketones is 1. The average molecular weight is 288 g/mol. The maximum Gasteiger partial charge on any atom is 0.179 e. The molecule has 21 heavy (non-hydrogen) atoms. The Morgan fingerprint density at radius 3 is 2.52 bits per heavy atom. The van der Waals surface area contributed by atoms with E-state index in [0.717, 1.165) is 29.8 Å². The van der Waals surface area contributed by atoms with Crippen molar-refractivity contribution < 1.29 is 4.79 Å². The Balaban J connectivity index is 2.15. The number of carbonyl (C=O) groups is 1. The number of hydrogen-bond donors (Lipinski definition) is 0. The van der Waals surface area contributed by atoms with Crippen LogP contribution in [-0.4, -0.2) is 54.9 Å². The minimum absolute atomic E-state index is 0.0436. The van der Waals surface area contributed by atoms with Crippen LogP contribution in [0.25, 0.3) is 0 Å². The lowest BCUT2D eigenvalue weighted by Gasteiger charge is -2.25. The first kappa shape index (κ1) is 16.2. The number of benzene rings is 1. The van der Waals surface area contributed by atoms with Crippen LogP contribution in [-0.2, 0) is 0 Å². The standard InChI is InChI=1S/C18H28N2O/c1-12-7-8-13(2)16(9-12)18(21)15(4)20-10-14(3)17(11-20)19(5)6/h7-9,14-15,17H,10-11H2,1-6H3. The summed E-state index contributed by atoms with van der Waals surface area (Å²) in [5, 5.41) is 0. The number of rotatable bonds is 4. The van der Waals surface area contributed by atoms with E-state index in [1.807, 2.05) is 26.0 Å². The zero-order valence-electron chi connectivity index (χ0n) is 14.2. The molecule has 0 radical (unpaired) electrons. The normalized spacial score (nSPS) is 24.5. The predicted molar refractivity (Wildman–Crippen MR) is 87.9 cm³/mol. The zero-order chi connectivity index (χ0) is 15.7. The van der Waals surface area contributed by atoms with Crippen LogP contribution in [0.1, 0.15) is 35.3 Å². The molecule has 2 rings (SSSR count). The van der Waals surface area contributed by atoms with E-state index >= 15 is 0 Å². The summed E-state index contributed by atoms with van der Waals surface area (Å²) < 4.78 is 0. The van der Waals surface area contributed by atoms with E-state index in [9.17, 15) is 4.79 Å². The average Bonchev–Trinajstić information content (AvgIpc) is 2.82. The molecule has 1 saturated heterocycles. The minimum atomic E-state index is -0.0436. The van der Waals surface area contributed by atoms with Gasteiger partial charge in [-0.2, -0.15) is 0 Å². The number of hydrogen-bond acceptors (Lipinski definition) is 3. The van der Waals surface area contributed by atoms with Gasteiger partial charge in [0, 0.05) is 24.7 Å². The first-order valence-corrected chi connectivity index (χ1v) is 7.83. The summed E-state index contributed by atoms with van der Waals surface area (Å²) in [5.74, 6) is 0.858. The third kappa shape index (κ3) is 3.35. The molecular formula is C18H28N2O. The van der Waals surface area contributed by atoms with E-state index in [1.54, 1.807) is 0 Å². The van der Waals surface area contributed by atoms with Gasteiger partial charge >= 0.3 is 0 Å². The van der Waals surface area contributed by atoms with Gasteiger partial charge in [0.2, 0.25) is 0 Å². The molecule has 1 aliphatic heterocycles. The Morgan fingerprint density at radius 2 is 1.95 bits per heavy atom. The highest BCUT2D eigenvalue weighted by Gasteiger charge is 2.35. The molecule has 0 aromatic heterocycles. The molecule has 116 valence electrons. The minimum Gasteiger partial charge on any atom is -0.305 e. The van der Waals surface area contributed by atoms with Crippen molar-refractivity contribution in [2.75, 3.05) is 27.2 Å². The fraction of sp³-hybridized carbons (Fsp3) is 0.611. The van der Waals surface area contributed by atoms with Gasteiger partial charge in [0.25, 0.3) is 0 Å². The highest BCUT2D eigenvalue weighted by molar-refractivity contribution is 6.01. The number of nitrogens with zero attached hydrogens (tertiary/aromatic N) is 2. The van der Waals surface area contributed by atoms with Crippen LogP contribution in [0.3, 0.4) is 0 Å². The topological polar surface area (TPSA) is 23.6 Å². The SMILES string of the molecule is Cc1ccc(C)c(C(=O)C(C)N2CC(C)C(N(C)C)C2)c1. The van der Waals surface area contributed by atoms with Gasteiger partial charge in [-0.3, -0.25) is 9.69 Å². The van der Waals surface area contributed by atoms with E-state index in [-0.39, 0.29) is 11.8 Å². The molecule has 0 saturated carbocycles. The zero-order valence-corrected chi connectivity index (χ0v) is 14.2. The second-order valence-corrected chi connectivity index (χ2v) is 6.82. The fourth-order valence-electron chi connectivity index (χ4n) is 3.37. The third-order valence-corrected chi connectivity index (χ3v) is 4.85. The van der Waals surface area contributed by atoms with Gasteiger partial charge in [0.1, 0.15) is 0 Å². The molecule has 1 aromatic rings. The second kappa shape index (κ2) is 6.29. The molecule has 1 aromatic carbocycles. The molecule has 3 heteroatoms. The first-order chi connectivity index (χ1) is 9.81. The maximum atomic E-state index is 12.8. The van der Waals surface area contributed by atoms with Crippen LogP contribution in [0.4, 0.5) is 0 Å². The Morgan fingerprint density at radius 1 is 1.29 bits per heavy atom. The Labute approximate surface area is 128 Å². The maximum absolute atomic E-state index is 12.8. The van der Waals surface area contributed by atoms with Gasteiger partial charge in [0.05, 0.1) is 6.04 Å². The van der Waals surface area contributed by atoms with E-state index < -0.39 is 0 Å². The lowest BCUT2D eigenvalue weighted by atomic mass is 9.98. The van der Waals surface area contributed by atoms with E-state index in [0.29, 0.717) is 12.0 Å². The molecule has 1 fully saturated rings. The lowest BCUT2D eigenvalue weighted by Crippen LogP contribution is -2.40. The van der Waals surface area contributed by atoms with E-state index in [1.165, 1.54) is 0 Å². The predicted octanol–water partition coefficient (Wildman–Crippen LogP) is 2.76. The number of likely N-dealkylation sites (tertiary alicyclic amines) is 1. The van der Waals surface area contributed by atoms with Gasteiger partial charge in [0.15, 0.2) is 5.78 Å². The largest absolute Gasteiger partial charge is 0.305 e. The van der Waals surface area contributed by atoms with Crippen molar-refractivity contribution in [2.24, 2.45) is 5.92 Å². The molecule has 3 unspecified atom stereocenters. The Kier molecular flexibility index (Phi) is 4.84. The van der Waals surface area contributed by atoms with Crippen molar-refractivity contribution in [3.63, 3.8) is 0 Å². The van der Waals surface area contributed by atoms with Gasteiger partial charge in [-0.1, -0.05) is 24.6 Å². The summed E-state index contributed by atoms with van der Waals surface area (Å²) in [6, 6.07) is 6.63. The number of likely N-dealkylation sites (N-methyl/N-ethyl adjacent to an activating group) is 1. The van der Waals surface area contributed by atoms with Crippen molar-refractivity contribution in [3.8, 4) is 0 Å². The monoisotopic (exact) mass is 288 g/mol. The van der Waals surface area contributed by atoms with E-state index in [4.69, 9.17) is 0 Å². The van der Waals surface area contributed by atoms with Gasteiger partial charge in [-0.05, 0) is 52.4 Å². The third-order valence-electron chi connectivity index (χ3n) is 4.85. The molecule has 3 nitrogen and oxygen atoms in total. The summed E-state index contributed by atoms with van der Waals surface area (Å²) in [6.07, 6.45) is 0. The summed E-state index contributed by atoms with van der Waals surface area (Å²) in [7, 11) is 4.25. The van der Waals surface area contributed by atoms with Crippen LogP contribution in [0.15, 0.2) is 18.2 Å². The van der Waals surface area contributed by atoms with Crippen molar-refractivity contribution in [3.05, 3.63) is 34.9 Å². The molecule has 0 spiro atoms. The number of Topliss-reactive ketones (excluding diaryl/α,β-unsaturated/α-hetero) is 1. The Hall–Kier alpha value is -1.19. The van der Waals surface area contributed by atoms with Crippen LogP contribution < -0.4 is 0 Å². The molecule has 0 bridgehead atoms. The first-order valence-electron chi connectivity index (χ1n) is 7.83. The molecular weight excluding hydrogens is 260 g/mol. The molecule has 1 aliphatic rings. The Bertz CT molecular complexity index is 524. The fourth-order valence-corrected chi connectivity index (χ4v) is 3.37. The van der Waals surface area contributed by atoms with Gasteiger partial charge in [-0.15, -0.1) is 0 Å². The molecule has 3 atom stereocenters. The quantitative estimate of drug-likeness (QED) is 0.796. The smallest absolute Gasteiger partial charge is 0.179 e. The lowest BCUT2D eigenvalue weighted by molar-refractivity contribution is 0.0858. The summed E-state index contributed by atoms with van der Waals surface area (Å²) in [6.45, 7) is 10.4. The molecule has 0 aliphatic carbocycles. The van der Waals surface area contributed by atoms with Crippen molar-refractivity contribution in [1.82, 2.24) is 9.80 Å². The molecule has 0 N–H and O–H groups in total. The van der Waals surface area contributed by atoms with Gasteiger partial charge < -0.3 is 4.90 Å². The van der Waals surface area contributed by atoms with Crippen LogP contribution in [0, 0.1) is 19.8 Å². The van der Waals surface area contributed by atoms with Crippen molar-refractivity contribution in [1.29, 1.82) is 0 Å². The summed E-state index contributed by atoms with van der Waals surface area (Å²) in [4.78, 5) is 17.4. The van der Waals surface area contributed by atoms with E-state index in [2.05, 4.69) is 43.8 Å². The van der Waals surface area contributed by atoms with Crippen LogP contribution in [0.5, 0.6) is 0 Å². The molecule has 1 heterocycles. The second-order valence-electron chi connectivity index (χ2n) is 6.82. The number of carbonyl (C=O) groups excluding carboxylic acids is 1. The summed E-state index contributed by atoms with van der Waals surface area (Å²) >= 11 is 0. The van der Waals surface area contributed by atoms with Crippen LogP contribution >= 0.6 is 0 Å². The summed E-state index contributed by atoms with van der Waals surface area (Å²) in [5.41, 5.74) is 3.11. The number of aryl methyl sites for hydroxylation is 2. The van der Waals surface area contributed by atoms with Crippen molar-refractivity contribution in [2.45, 2.75) is 39.8 Å². The molecule has 0 amide bonds. The van der Waals surface area contributed by atoms with Crippen molar-refractivity contribution >= 4 is 5.78 Å². The highest BCUT2D eigenvalue weighted by Crippen LogP contribution is 2.24. The van der Waals surface area contributed by atoms with Gasteiger partial charge in [-0.25, -0.2) is 0 Å². The van der Waals surface area contributed by atoms with Crippen LogP contribution in [0.2, 0.25) is 0 Å².